The van der Waals surface area contributed by atoms with Crippen LogP contribution in [0.15, 0.2) is 54.9 Å². The molecule has 4 heteroatoms. The number of nitrogens with one attached hydrogen (secondary N) is 1. The van der Waals surface area contributed by atoms with E-state index in [1.54, 1.807) is 12.4 Å². The van der Waals surface area contributed by atoms with Crippen LogP contribution in [0.2, 0.25) is 0 Å². The quantitative estimate of drug-likeness (QED) is 0.793. The van der Waals surface area contributed by atoms with Gasteiger partial charge in [0, 0.05) is 24.5 Å². The van der Waals surface area contributed by atoms with Gasteiger partial charge in [-0.15, -0.1) is 5.10 Å². The Kier molecular flexibility index (Phi) is 4.10. The molecule has 0 spiro atoms. The van der Waals surface area contributed by atoms with Crippen LogP contribution in [0.3, 0.4) is 0 Å². The summed E-state index contributed by atoms with van der Waals surface area (Å²) in [5.74, 6) is 0.808. The molecule has 2 heterocycles. The molecule has 1 aromatic carbocycles. The van der Waals surface area contributed by atoms with Crippen molar-refractivity contribution in [2.24, 2.45) is 0 Å². The largest absolute Gasteiger partial charge is 0.339 e. The zero-order valence-corrected chi connectivity index (χ0v) is 12.7. The average molecular weight is 290 g/mol. The molecule has 0 unspecified atom stereocenters. The first kappa shape index (κ1) is 14.2. The molecule has 0 aliphatic rings. The number of para-hydroxylation sites is 1. The van der Waals surface area contributed by atoms with Crippen molar-refractivity contribution in [3.63, 3.8) is 0 Å². The van der Waals surface area contributed by atoms with Gasteiger partial charge in [0.05, 0.1) is 5.69 Å². The summed E-state index contributed by atoms with van der Waals surface area (Å²) in [5, 5.41) is 12.1. The number of benzene rings is 1. The molecule has 1 N–H and O–H groups in total. The van der Waals surface area contributed by atoms with E-state index in [9.17, 15) is 0 Å². The molecule has 0 fully saturated rings. The lowest BCUT2D eigenvalue weighted by Gasteiger charge is -2.12. The maximum absolute atomic E-state index is 4.40. The molecule has 0 aliphatic heterocycles. The predicted octanol–water partition coefficient (Wildman–Crippen LogP) is 3.82. The van der Waals surface area contributed by atoms with Gasteiger partial charge in [-0.05, 0) is 54.8 Å². The fraction of sp³-hybridized carbons (Fsp3) is 0.167. The minimum absolute atomic E-state index is 0.772. The normalized spacial score (nSPS) is 10.5. The summed E-state index contributed by atoms with van der Waals surface area (Å²) >= 11 is 0. The van der Waals surface area contributed by atoms with E-state index in [1.807, 2.05) is 42.5 Å². The molecule has 3 aromatic rings. The van der Waals surface area contributed by atoms with Gasteiger partial charge in [0.25, 0.3) is 0 Å². The van der Waals surface area contributed by atoms with Crippen molar-refractivity contribution < 1.29 is 0 Å². The van der Waals surface area contributed by atoms with Crippen molar-refractivity contribution in [2.45, 2.75) is 20.3 Å². The second kappa shape index (κ2) is 6.35. The highest BCUT2D eigenvalue weighted by Crippen LogP contribution is 2.22. The van der Waals surface area contributed by atoms with Crippen molar-refractivity contribution in [3.8, 4) is 0 Å². The molecule has 110 valence electrons. The van der Waals surface area contributed by atoms with E-state index in [4.69, 9.17) is 0 Å². The van der Waals surface area contributed by atoms with Gasteiger partial charge in [-0.3, -0.25) is 4.98 Å². The first-order chi connectivity index (χ1) is 10.7. The van der Waals surface area contributed by atoms with E-state index in [2.05, 4.69) is 34.3 Å². The Morgan fingerprint density at radius 3 is 2.32 bits per heavy atom. The van der Waals surface area contributed by atoms with Crippen LogP contribution in [-0.2, 0) is 6.42 Å². The van der Waals surface area contributed by atoms with Gasteiger partial charge in [-0.2, -0.15) is 5.10 Å². The van der Waals surface area contributed by atoms with Crippen molar-refractivity contribution in [3.05, 3.63) is 77.2 Å². The molecule has 2 aromatic heterocycles. The third kappa shape index (κ3) is 3.11. The zero-order valence-electron chi connectivity index (χ0n) is 12.7. The topological polar surface area (TPSA) is 50.7 Å². The van der Waals surface area contributed by atoms with Crippen LogP contribution in [0.5, 0.6) is 0 Å². The minimum Gasteiger partial charge on any atom is -0.339 e. The summed E-state index contributed by atoms with van der Waals surface area (Å²) in [5.41, 5.74) is 5.51. The molecule has 0 radical (unpaired) electrons. The monoisotopic (exact) mass is 290 g/mol. The van der Waals surface area contributed by atoms with Crippen LogP contribution in [0.4, 0.5) is 11.5 Å². The number of rotatable bonds is 4. The van der Waals surface area contributed by atoms with Crippen LogP contribution in [0.25, 0.3) is 0 Å². The van der Waals surface area contributed by atoms with Crippen molar-refractivity contribution in [2.75, 3.05) is 5.32 Å². The van der Waals surface area contributed by atoms with Crippen LogP contribution >= 0.6 is 0 Å². The van der Waals surface area contributed by atoms with E-state index in [1.165, 1.54) is 11.1 Å². The van der Waals surface area contributed by atoms with Crippen LogP contribution < -0.4 is 5.32 Å². The van der Waals surface area contributed by atoms with Crippen LogP contribution in [-0.4, -0.2) is 15.2 Å². The molecule has 22 heavy (non-hydrogen) atoms. The number of anilines is 2. The van der Waals surface area contributed by atoms with Gasteiger partial charge in [-0.25, -0.2) is 0 Å². The molecule has 0 aliphatic carbocycles. The Bertz CT molecular complexity index is 688. The summed E-state index contributed by atoms with van der Waals surface area (Å²) in [6.45, 7) is 4.17. The Labute approximate surface area is 130 Å². The SMILES string of the molecule is Cc1c(Cc2ccncc2)nnc(Nc2ccccc2)c1C. The minimum atomic E-state index is 0.772. The number of hydrogen-bond acceptors (Lipinski definition) is 4. The Balaban J connectivity index is 1.85. The standard InChI is InChI=1S/C18H18N4/c1-13-14(2)18(20-16-6-4-3-5-7-16)22-21-17(13)12-15-8-10-19-11-9-15/h3-11H,12H2,1-2H3,(H,20,22). The van der Waals surface area contributed by atoms with Crippen molar-refractivity contribution in [1.29, 1.82) is 0 Å². The molecule has 0 saturated heterocycles. The highest BCUT2D eigenvalue weighted by molar-refractivity contribution is 5.60. The highest BCUT2D eigenvalue weighted by atomic mass is 15.2. The number of pyridine rings is 1. The average Bonchev–Trinajstić information content (AvgIpc) is 2.56. The van der Waals surface area contributed by atoms with Crippen LogP contribution in [0, 0.1) is 13.8 Å². The Morgan fingerprint density at radius 1 is 0.864 bits per heavy atom. The lowest BCUT2D eigenvalue weighted by molar-refractivity contribution is 0.909. The van der Waals surface area contributed by atoms with E-state index < -0.39 is 0 Å². The first-order valence-corrected chi connectivity index (χ1v) is 7.28. The van der Waals surface area contributed by atoms with E-state index in [0.717, 1.165) is 29.2 Å². The van der Waals surface area contributed by atoms with Gasteiger partial charge in [0.2, 0.25) is 0 Å². The lowest BCUT2D eigenvalue weighted by Crippen LogP contribution is -2.06. The molecule has 3 rings (SSSR count). The molecular weight excluding hydrogens is 272 g/mol. The van der Waals surface area contributed by atoms with Gasteiger partial charge in [0.1, 0.15) is 0 Å². The molecule has 0 atom stereocenters. The predicted molar refractivity (Wildman–Crippen MR) is 88.3 cm³/mol. The van der Waals surface area contributed by atoms with Crippen LogP contribution in [0.1, 0.15) is 22.4 Å². The van der Waals surface area contributed by atoms with E-state index >= 15 is 0 Å². The third-order valence-electron chi connectivity index (χ3n) is 3.78. The molecular formula is C18H18N4. The maximum atomic E-state index is 4.40. The summed E-state index contributed by atoms with van der Waals surface area (Å²) in [7, 11) is 0. The Hall–Kier alpha value is -2.75. The summed E-state index contributed by atoms with van der Waals surface area (Å²) < 4.78 is 0. The van der Waals surface area contributed by atoms with Gasteiger partial charge >= 0.3 is 0 Å². The van der Waals surface area contributed by atoms with Gasteiger partial charge in [0.15, 0.2) is 5.82 Å². The lowest BCUT2D eigenvalue weighted by atomic mass is 10.0. The van der Waals surface area contributed by atoms with Crippen molar-refractivity contribution >= 4 is 11.5 Å². The molecule has 0 bridgehead atoms. The second-order valence-corrected chi connectivity index (χ2v) is 5.27. The van der Waals surface area contributed by atoms with E-state index in [0.29, 0.717) is 0 Å². The summed E-state index contributed by atoms with van der Waals surface area (Å²) in [4.78, 5) is 4.04. The number of aromatic nitrogens is 3. The fourth-order valence-corrected chi connectivity index (χ4v) is 2.29. The van der Waals surface area contributed by atoms with Crippen molar-refractivity contribution in [1.82, 2.24) is 15.2 Å². The smallest absolute Gasteiger partial charge is 0.156 e. The summed E-state index contributed by atoms with van der Waals surface area (Å²) in [6, 6.07) is 14.0. The number of nitrogens with zero attached hydrogens (tertiary/aromatic N) is 3. The van der Waals surface area contributed by atoms with E-state index in [-0.39, 0.29) is 0 Å². The Morgan fingerprint density at radius 2 is 1.59 bits per heavy atom. The molecule has 4 nitrogen and oxygen atoms in total. The zero-order chi connectivity index (χ0) is 15.4. The van der Waals surface area contributed by atoms with Gasteiger partial charge in [-0.1, -0.05) is 18.2 Å². The molecule has 0 amide bonds. The maximum Gasteiger partial charge on any atom is 0.156 e. The summed E-state index contributed by atoms with van der Waals surface area (Å²) in [6.07, 6.45) is 4.38. The number of hydrogen-bond donors (Lipinski definition) is 1. The third-order valence-corrected chi connectivity index (χ3v) is 3.78. The fourth-order valence-electron chi connectivity index (χ4n) is 2.29. The molecule has 0 saturated carbocycles. The second-order valence-electron chi connectivity index (χ2n) is 5.27. The first-order valence-electron chi connectivity index (χ1n) is 7.28. The van der Waals surface area contributed by atoms with Gasteiger partial charge < -0.3 is 5.32 Å². The highest BCUT2D eigenvalue weighted by Gasteiger charge is 2.10.